The molecule has 0 aliphatic rings. The second kappa shape index (κ2) is 4.55. The number of rotatable bonds is 3. The van der Waals surface area contributed by atoms with Crippen LogP contribution in [-0.4, -0.2) is 7.05 Å². The first-order chi connectivity index (χ1) is 6.24. The number of hydrogen-bond donors (Lipinski definition) is 2. The third-order valence-electron chi connectivity index (χ3n) is 1.79. The van der Waals surface area contributed by atoms with Gasteiger partial charge in [0.1, 0.15) is 5.82 Å². The number of benzene rings is 1. The van der Waals surface area contributed by atoms with E-state index in [1.807, 2.05) is 37.4 Å². The molecule has 1 rings (SSSR count). The third-order valence-corrected chi connectivity index (χ3v) is 1.79. The van der Waals surface area contributed by atoms with Gasteiger partial charge < -0.3 is 10.6 Å². The van der Waals surface area contributed by atoms with Gasteiger partial charge in [-0.1, -0.05) is 18.2 Å². The van der Waals surface area contributed by atoms with Crippen LogP contribution in [0.1, 0.15) is 13.8 Å². The minimum atomic E-state index is 1.06. The Morgan fingerprint density at radius 3 is 2.15 bits per heavy atom. The molecule has 0 fully saturated rings. The molecule has 0 bridgehead atoms. The zero-order chi connectivity index (χ0) is 9.68. The maximum absolute atomic E-state index is 3.30. The summed E-state index contributed by atoms with van der Waals surface area (Å²) in [6.45, 7) is 4.14. The predicted molar refractivity (Wildman–Crippen MR) is 57.5 cm³/mol. The van der Waals surface area contributed by atoms with Crippen LogP contribution in [0.2, 0.25) is 0 Å². The topological polar surface area (TPSA) is 24.1 Å². The van der Waals surface area contributed by atoms with Crippen LogP contribution in [0.5, 0.6) is 0 Å². The van der Waals surface area contributed by atoms with E-state index in [0.717, 1.165) is 11.5 Å². The van der Waals surface area contributed by atoms with Crippen LogP contribution >= 0.6 is 0 Å². The monoisotopic (exact) mass is 176 g/mol. The number of allylic oxidation sites excluding steroid dienone is 1. The quantitative estimate of drug-likeness (QED) is 0.739. The highest BCUT2D eigenvalue weighted by atomic mass is 15.1. The SMILES string of the molecule is CNC(Nc1ccccc1)=C(C)C. The van der Waals surface area contributed by atoms with Gasteiger partial charge in [-0.3, -0.25) is 0 Å². The smallest absolute Gasteiger partial charge is 0.101 e. The van der Waals surface area contributed by atoms with Crippen molar-refractivity contribution in [3.05, 3.63) is 41.7 Å². The van der Waals surface area contributed by atoms with Crippen molar-refractivity contribution in [1.82, 2.24) is 5.32 Å². The van der Waals surface area contributed by atoms with E-state index in [1.165, 1.54) is 5.57 Å². The fourth-order valence-electron chi connectivity index (χ4n) is 1.10. The van der Waals surface area contributed by atoms with Crippen molar-refractivity contribution in [2.24, 2.45) is 0 Å². The highest BCUT2D eigenvalue weighted by Gasteiger charge is 1.95. The molecular formula is C11H16N2. The molecule has 0 aliphatic heterocycles. The first-order valence-electron chi connectivity index (χ1n) is 4.41. The van der Waals surface area contributed by atoms with Crippen molar-refractivity contribution in [2.75, 3.05) is 12.4 Å². The zero-order valence-corrected chi connectivity index (χ0v) is 8.39. The Morgan fingerprint density at radius 2 is 1.69 bits per heavy atom. The van der Waals surface area contributed by atoms with Gasteiger partial charge in [-0.25, -0.2) is 0 Å². The molecule has 0 aliphatic carbocycles. The zero-order valence-electron chi connectivity index (χ0n) is 8.39. The lowest BCUT2D eigenvalue weighted by Crippen LogP contribution is -2.16. The summed E-state index contributed by atoms with van der Waals surface area (Å²) < 4.78 is 0. The molecule has 0 unspecified atom stereocenters. The van der Waals surface area contributed by atoms with Crippen molar-refractivity contribution in [1.29, 1.82) is 0 Å². The van der Waals surface area contributed by atoms with E-state index in [-0.39, 0.29) is 0 Å². The lowest BCUT2D eigenvalue weighted by atomic mass is 10.3. The number of anilines is 1. The van der Waals surface area contributed by atoms with Crippen LogP contribution in [0.4, 0.5) is 5.69 Å². The fourth-order valence-corrected chi connectivity index (χ4v) is 1.10. The van der Waals surface area contributed by atoms with Crippen molar-refractivity contribution in [3.63, 3.8) is 0 Å². The summed E-state index contributed by atoms with van der Waals surface area (Å²) in [5.41, 5.74) is 2.35. The van der Waals surface area contributed by atoms with Crippen LogP contribution in [-0.2, 0) is 0 Å². The summed E-state index contributed by atoms with van der Waals surface area (Å²) in [7, 11) is 1.91. The van der Waals surface area contributed by atoms with Crippen molar-refractivity contribution >= 4 is 5.69 Å². The van der Waals surface area contributed by atoms with E-state index in [4.69, 9.17) is 0 Å². The number of para-hydroxylation sites is 1. The summed E-state index contributed by atoms with van der Waals surface area (Å²) >= 11 is 0. The van der Waals surface area contributed by atoms with E-state index in [0.29, 0.717) is 0 Å². The second-order valence-electron chi connectivity index (χ2n) is 3.12. The molecule has 2 nitrogen and oxygen atoms in total. The fraction of sp³-hybridized carbons (Fsp3) is 0.273. The Balaban J connectivity index is 2.74. The average molecular weight is 176 g/mol. The van der Waals surface area contributed by atoms with Crippen LogP contribution < -0.4 is 10.6 Å². The van der Waals surface area contributed by atoms with Gasteiger partial charge in [0, 0.05) is 12.7 Å². The van der Waals surface area contributed by atoms with Crippen molar-refractivity contribution < 1.29 is 0 Å². The first kappa shape index (κ1) is 9.65. The highest BCUT2D eigenvalue weighted by Crippen LogP contribution is 2.09. The minimum Gasteiger partial charge on any atom is -0.375 e. The average Bonchev–Trinajstić information content (AvgIpc) is 2.15. The highest BCUT2D eigenvalue weighted by molar-refractivity contribution is 5.47. The maximum atomic E-state index is 3.30. The largest absolute Gasteiger partial charge is 0.375 e. The van der Waals surface area contributed by atoms with Crippen molar-refractivity contribution in [3.8, 4) is 0 Å². The molecule has 1 aromatic rings. The van der Waals surface area contributed by atoms with Gasteiger partial charge in [0.2, 0.25) is 0 Å². The van der Waals surface area contributed by atoms with Gasteiger partial charge in [0.25, 0.3) is 0 Å². The minimum absolute atomic E-state index is 1.06. The van der Waals surface area contributed by atoms with Gasteiger partial charge in [-0.15, -0.1) is 0 Å². The molecule has 0 radical (unpaired) electrons. The molecule has 0 spiro atoms. The predicted octanol–water partition coefficient (Wildman–Crippen LogP) is 2.57. The Morgan fingerprint density at radius 1 is 1.08 bits per heavy atom. The van der Waals surface area contributed by atoms with Crippen LogP contribution in [0.25, 0.3) is 0 Å². The Bertz CT molecular complexity index is 284. The van der Waals surface area contributed by atoms with Gasteiger partial charge in [-0.05, 0) is 31.6 Å². The molecule has 2 heteroatoms. The van der Waals surface area contributed by atoms with Crippen LogP contribution in [0.3, 0.4) is 0 Å². The lowest BCUT2D eigenvalue weighted by molar-refractivity contribution is 0.964. The van der Waals surface area contributed by atoms with E-state index < -0.39 is 0 Å². The van der Waals surface area contributed by atoms with Crippen molar-refractivity contribution in [2.45, 2.75) is 13.8 Å². The number of nitrogens with one attached hydrogen (secondary N) is 2. The summed E-state index contributed by atoms with van der Waals surface area (Å²) in [5, 5.41) is 6.42. The third kappa shape index (κ3) is 2.82. The Hall–Kier alpha value is -1.44. The first-order valence-corrected chi connectivity index (χ1v) is 4.41. The van der Waals surface area contributed by atoms with Crippen LogP contribution in [0.15, 0.2) is 41.7 Å². The molecule has 0 saturated carbocycles. The molecule has 0 amide bonds. The maximum Gasteiger partial charge on any atom is 0.101 e. The van der Waals surface area contributed by atoms with E-state index in [9.17, 15) is 0 Å². The summed E-state index contributed by atoms with van der Waals surface area (Å²) in [4.78, 5) is 0. The molecular weight excluding hydrogens is 160 g/mol. The van der Waals surface area contributed by atoms with E-state index in [2.05, 4.69) is 24.5 Å². The van der Waals surface area contributed by atoms with Gasteiger partial charge in [-0.2, -0.15) is 0 Å². The molecule has 13 heavy (non-hydrogen) atoms. The summed E-state index contributed by atoms with van der Waals surface area (Å²) in [6, 6.07) is 10.1. The van der Waals surface area contributed by atoms with Gasteiger partial charge >= 0.3 is 0 Å². The van der Waals surface area contributed by atoms with E-state index in [1.54, 1.807) is 0 Å². The molecule has 1 aromatic carbocycles. The Kier molecular flexibility index (Phi) is 3.38. The summed E-state index contributed by atoms with van der Waals surface area (Å²) in [5.74, 6) is 1.06. The molecule has 0 saturated heterocycles. The normalized spacial score (nSPS) is 9.15. The molecule has 2 N–H and O–H groups in total. The van der Waals surface area contributed by atoms with Crippen LogP contribution in [0, 0.1) is 0 Å². The van der Waals surface area contributed by atoms with Gasteiger partial charge in [0.15, 0.2) is 0 Å². The summed E-state index contributed by atoms with van der Waals surface area (Å²) in [6.07, 6.45) is 0. The standard InChI is InChI=1S/C11H16N2/c1-9(2)11(12-3)13-10-7-5-4-6-8-10/h4-8,12-13H,1-3H3. The molecule has 70 valence electrons. The number of hydrogen-bond acceptors (Lipinski definition) is 2. The lowest BCUT2D eigenvalue weighted by Gasteiger charge is -2.11. The molecule has 0 heterocycles. The van der Waals surface area contributed by atoms with Gasteiger partial charge in [0.05, 0.1) is 0 Å². The van der Waals surface area contributed by atoms with E-state index >= 15 is 0 Å². The molecule has 0 aromatic heterocycles. The second-order valence-corrected chi connectivity index (χ2v) is 3.12. The molecule has 0 atom stereocenters. The Labute approximate surface area is 79.7 Å².